The lowest BCUT2D eigenvalue weighted by Crippen LogP contribution is -2.43. The van der Waals surface area contributed by atoms with Gasteiger partial charge < -0.3 is 19.9 Å². The first kappa shape index (κ1) is 16.3. The lowest BCUT2D eigenvalue weighted by Gasteiger charge is -2.14. The van der Waals surface area contributed by atoms with Gasteiger partial charge in [0.1, 0.15) is 11.8 Å². The van der Waals surface area contributed by atoms with Crippen LogP contribution >= 0.6 is 11.6 Å². The highest BCUT2D eigenvalue weighted by molar-refractivity contribution is 6.30. The predicted molar refractivity (Wildman–Crippen MR) is 73.0 cm³/mol. The van der Waals surface area contributed by atoms with Gasteiger partial charge in [0, 0.05) is 25.2 Å². The van der Waals surface area contributed by atoms with Crippen LogP contribution in [0.5, 0.6) is 5.75 Å². The lowest BCUT2D eigenvalue weighted by molar-refractivity contribution is -0.142. The maximum atomic E-state index is 11.6. The average molecular weight is 302 g/mol. The molecule has 1 atom stereocenters. The molecule has 0 saturated heterocycles. The molecule has 1 rings (SSSR count). The third-order valence-corrected chi connectivity index (χ3v) is 2.68. The molecule has 1 aromatic rings. The van der Waals surface area contributed by atoms with Crippen LogP contribution in [0.25, 0.3) is 0 Å². The van der Waals surface area contributed by atoms with Crippen molar-refractivity contribution in [1.29, 1.82) is 0 Å². The number of halogens is 1. The van der Waals surface area contributed by atoms with Gasteiger partial charge in [-0.1, -0.05) is 11.6 Å². The van der Waals surface area contributed by atoms with Crippen LogP contribution in [-0.2, 0) is 14.3 Å². The topological polar surface area (TPSA) is 84.9 Å². The van der Waals surface area contributed by atoms with E-state index in [0.29, 0.717) is 10.8 Å². The highest BCUT2D eigenvalue weighted by atomic mass is 35.5. The first-order chi connectivity index (χ1) is 9.52. The van der Waals surface area contributed by atoms with Gasteiger partial charge in [0.05, 0.1) is 0 Å². The molecule has 0 bridgehead atoms. The van der Waals surface area contributed by atoms with Crippen LogP contribution in [-0.4, -0.2) is 43.3 Å². The number of ether oxygens (including phenoxy) is 2. The number of carboxylic acid groups (broad SMARTS) is 1. The number of methoxy groups -OCH3 is 1. The lowest BCUT2D eigenvalue weighted by atomic mass is 10.2. The summed E-state index contributed by atoms with van der Waals surface area (Å²) < 4.78 is 10.00. The van der Waals surface area contributed by atoms with Gasteiger partial charge in [-0.25, -0.2) is 4.79 Å². The van der Waals surface area contributed by atoms with Crippen molar-refractivity contribution >= 4 is 23.5 Å². The van der Waals surface area contributed by atoms with Crippen LogP contribution in [0, 0.1) is 0 Å². The van der Waals surface area contributed by atoms with Crippen molar-refractivity contribution < 1.29 is 24.2 Å². The molecule has 1 amide bonds. The van der Waals surface area contributed by atoms with Crippen molar-refractivity contribution in [3.05, 3.63) is 29.3 Å². The van der Waals surface area contributed by atoms with Crippen LogP contribution in [0.4, 0.5) is 0 Å². The molecule has 0 radical (unpaired) electrons. The number of carbonyl (C=O) groups excluding carboxylic acids is 1. The maximum Gasteiger partial charge on any atom is 0.326 e. The predicted octanol–water partition coefficient (Wildman–Crippen LogP) is 1.32. The zero-order chi connectivity index (χ0) is 15.0. The largest absolute Gasteiger partial charge is 0.484 e. The SMILES string of the molecule is COCCC(NC(=O)COc1ccc(Cl)cc1)C(=O)O. The third-order valence-electron chi connectivity index (χ3n) is 2.43. The van der Waals surface area contributed by atoms with Gasteiger partial charge in [0.15, 0.2) is 6.61 Å². The van der Waals surface area contributed by atoms with Gasteiger partial charge in [0.2, 0.25) is 0 Å². The summed E-state index contributed by atoms with van der Waals surface area (Å²) in [5, 5.41) is 11.9. The molecule has 0 aliphatic heterocycles. The Morgan fingerprint density at radius 3 is 2.55 bits per heavy atom. The molecule has 20 heavy (non-hydrogen) atoms. The molecular weight excluding hydrogens is 286 g/mol. The fourth-order valence-corrected chi connectivity index (χ4v) is 1.53. The van der Waals surface area contributed by atoms with Crippen LogP contribution < -0.4 is 10.1 Å². The fraction of sp³-hybridized carbons (Fsp3) is 0.385. The number of amides is 1. The van der Waals surface area contributed by atoms with Gasteiger partial charge in [-0.15, -0.1) is 0 Å². The van der Waals surface area contributed by atoms with E-state index in [2.05, 4.69) is 5.32 Å². The Kier molecular flexibility index (Phi) is 6.83. The number of carbonyl (C=O) groups is 2. The molecule has 0 aliphatic rings. The number of aliphatic carboxylic acids is 1. The summed E-state index contributed by atoms with van der Waals surface area (Å²) >= 11 is 5.71. The van der Waals surface area contributed by atoms with E-state index < -0.39 is 17.9 Å². The molecule has 2 N–H and O–H groups in total. The highest BCUT2D eigenvalue weighted by Gasteiger charge is 2.19. The summed E-state index contributed by atoms with van der Waals surface area (Å²) in [5.41, 5.74) is 0. The van der Waals surface area contributed by atoms with Gasteiger partial charge in [-0.2, -0.15) is 0 Å². The summed E-state index contributed by atoms with van der Waals surface area (Å²) in [6.45, 7) is -0.0202. The number of hydrogen-bond donors (Lipinski definition) is 2. The summed E-state index contributed by atoms with van der Waals surface area (Å²) in [6.07, 6.45) is 0.193. The van der Waals surface area contributed by atoms with E-state index in [1.807, 2.05) is 0 Å². The van der Waals surface area contributed by atoms with Crippen molar-refractivity contribution in [1.82, 2.24) is 5.32 Å². The van der Waals surface area contributed by atoms with E-state index in [1.165, 1.54) is 7.11 Å². The van der Waals surface area contributed by atoms with Gasteiger partial charge in [-0.05, 0) is 24.3 Å². The van der Waals surface area contributed by atoms with Gasteiger partial charge >= 0.3 is 5.97 Å². The molecule has 0 heterocycles. The number of rotatable bonds is 8. The highest BCUT2D eigenvalue weighted by Crippen LogP contribution is 2.15. The second-order valence-corrected chi connectivity index (χ2v) is 4.42. The maximum absolute atomic E-state index is 11.6. The average Bonchev–Trinajstić information content (AvgIpc) is 2.42. The third kappa shape index (κ3) is 5.90. The van der Waals surface area contributed by atoms with Gasteiger partial charge in [-0.3, -0.25) is 4.79 Å². The van der Waals surface area contributed by atoms with Crippen molar-refractivity contribution in [2.45, 2.75) is 12.5 Å². The Labute approximate surface area is 121 Å². The molecule has 0 aromatic heterocycles. The van der Waals surface area contributed by atoms with E-state index in [9.17, 15) is 9.59 Å². The first-order valence-corrected chi connectivity index (χ1v) is 6.30. The van der Waals surface area contributed by atoms with E-state index in [-0.39, 0.29) is 19.6 Å². The second kappa shape index (κ2) is 8.39. The molecule has 110 valence electrons. The number of carboxylic acids is 1. The Hall–Kier alpha value is -1.79. The molecule has 0 aliphatic carbocycles. The van der Waals surface area contributed by atoms with E-state index >= 15 is 0 Å². The van der Waals surface area contributed by atoms with Crippen LogP contribution in [0.1, 0.15) is 6.42 Å². The minimum Gasteiger partial charge on any atom is -0.484 e. The minimum absolute atomic E-state index is 0.193. The van der Waals surface area contributed by atoms with E-state index in [4.69, 9.17) is 26.2 Å². The fourth-order valence-electron chi connectivity index (χ4n) is 1.41. The van der Waals surface area contributed by atoms with Crippen molar-refractivity contribution in [3.8, 4) is 5.75 Å². The first-order valence-electron chi connectivity index (χ1n) is 5.92. The monoisotopic (exact) mass is 301 g/mol. The van der Waals surface area contributed by atoms with E-state index in [0.717, 1.165) is 0 Å². The Morgan fingerprint density at radius 1 is 1.35 bits per heavy atom. The van der Waals surface area contributed by atoms with Crippen molar-refractivity contribution in [2.75, 3.05) is 20.3 Å². The quantitative estimate of drug-likeness (QED) is 0.756. The van der Waals surface area contributed by atoms with Crippen molar-refractivity contribution in [2.24, 2.45) is 0 Å². The summed E-state index contributed by atoms with van der Waals surface area (Å²) in [5.74, 6) is -1.14. The molecule has 6 nitrogen and oxygen atoms in total. The molecule has 0 spiro atoms. The summed E-state index contributed by atoms with van der Waals surface area (Å²) in [7, 11) is 1.46. The van der Waals surface area contributed by atoms with Crippen LogP contribution in [0.15, 0.2) is 24.3 Å². The standard InChI is InChI=1S/C13H16ClNO5/c1-19-7-6-11(13(17)18)15-12(16)8-20-10-4-2-9(14)3-5-10/h2-5,11H,6-8H2,1H3,(H,15,16)(H,17,18). The number of hydrogen-bond acceptors (Lipinski definition) is 4. The molecule has 1 aromatic carbocycles. The number of benzene rings is 1. The smallest absolute Gasteiger partial charge is 0.326 e. The summed E-state index contributed by atoms with van der Waals surface area (Å²) in [6, 6.07) is 5.52. The van der Waals surface area contributed by atoms with E-state index in [1.54, 1.807) is 24.3 Å². The van der Waals surface area contributed by atoms with Crippen LogP contribution in [0.2, 0.25) is 5.02 Å². The Balaban J connectivity index is 2.41. The normalized spacial score (nSPS) is 11.7. The molecular formula is C13H16ClNO5. The second-order valence-electron chi connectivity index (χ2n) is 3.98. The molecule has 0 fully saturated rings. The molecule has 1 unspecified atom stereocenters. The van der Waals surface area contributed by atoms with Gasteiger partial charge in [0.25, 0.3) is 5.91 Å². The number of nitrogens with one attached hydrogen (secondary N) is 1. The van der Waals surface area contributed by atoms with Crippen molar-refractivity contribution in [3.63, 3.8) is 0 Å². The zero-order valence-electron chi connectivity index (χ0n) is 11.0. The Bertz CT molecular complexity index is 449. The van der Waals surface area contributed by atoms with Crippen LogP contribution in [0.3, 0.4) is 0 Å². The molecule has 7 heteroatoms. The molecule has 0 saturated carbocycles. The Morgan fingerprint density at radius 2 is 2.00 bits per heavy atom. The summed E-state index contributed by atoms with van der Waals surface area (Å²) in [4.78, 5) is 22.5. The zero-order valence-corrected chi connectivity index (χ0v) is 11.7. The minimum atomic E-state index is -1.11.